The van der Waals surface area contributed by atoms with Crippen LogP contribution in [0.25, 0.3) is 0 Å². The Labute approximate surface area is 438 Å². The molecule has 0 unspecified atom stereocenters. The molecule has 0 spiro atoms. The Morgan fingerprint density at radius 2 is 0.654 bits per heavy atom. The minimum absolute atomic E-state index is 0.624. The monoisotopic (exact) mass is 1140 g/mol. The molecule has 0 saturated carbocycles. The van der Waals surface area contributed by atoms with Gasteiger partial charge in [-0.1, -0.05) is 0 Å². The molecule has 78 heavy (non-hydrogen) atoms. The van der Waals surface area contributed by atoms with Crippen molar-refractivity contribution in [1.29, 1.82) is 0 Å². The number of nitro benzene ring substituents is 1. The van der Waals surface area contributed by atoms with E-state index in [0.717, 1.165) is 12.1 Å². The van der Waals surface area contributed by atoms with E-state index in [-0.39, 0.29) is 0 Å². The summed E-state index contributed by atoms with van der Waals surface area (Å²) in [7, 11) is 0. The van der Waals surface area contributed by atoms with Gasteiger partial charge in [-0.2, -0.15) is 0 Å². The maximum absolute atomic E-state index is 13.4. The second-order valence-corrected chi connectivity index (χ2v) is 19.3. The minimum atomic E-state index is -2.31. The number of carbonyl (C=O) groups excluding carboxylic acids is 1. The minimum Gasteiger partial charge on any atom is -0.507 e. The molecule has 22 aliphatic heterocycles. The van der Waals surface area contributed by atoms with Crippen LogP contribution in [0.15, 0.2) is 18.2 Å². The normalized spacial score (nSPS) is 48.5. The van der Waals surface area contributed by atoms with Gasteiger partial charge in [-0.3, -0.25) is 14.9 Å². The Hall–Kier alpha value is -3.27. The maximum atomic E-state index is 13.4. The molecule has 22 aliphatic rings. The highest BCUT2D eigenvalue weighted by molar-refractivity contribution is 5.97. The van der Waals surface area contributed by atoms with E-state index in [0.29, 0.717) is 6.07 Å². The van der Waals surface area contributed by atoms with Gasteiger partial charge in [-0.15, -0.1) is 0 Å². The molecular formula is C43H64N2O33. The number of nitro groups is 1. The summed E-state index contributed by atoms with van der Waals surface area (Å²) < 4.78 is 68.8. The SMILES string of the molecule is O=C(NC[C@H]1O[C@@H]2O[C@H]3[C@H](O)[C@@H](O)[C@@H](O[C@H]4[C@H](O)[C@@H](O)[C@@H](O[C@H]5[C@H](O)[C@@H](O)[C@@H](O[C@H]6[C@H](O)[C@@H](O)[C@@H](O[C@H]7[C@H](O)[C@@H](O)[C@@H](O[C@H]1[C@H](O)[C@H]2O)O[C@@H]7CO)O[C@@H]6CO)O[C@@H]5CO)O[C@@H]4CO)O[C@@H]3CO)c1cc([N+](=O)[O-])ccc1O. The number of rotatable bonds is 9. The zero-order valence-corrected chi connectivity index (χ0v) is 40.4. The molecule has 1 aromatic carbocycles. The zero-order chi connectivity index (χ0) is 56.8. The summed E-state index contributed by atoms with van der Waals surface area (Å²) in [6, 6.07) is 2.45. The van der Waals surface area contributed by atoms with Crippen LogP contribution in [0.5, 0.6) is 5.75 Å². The Morgan fingerprint density at radius 3 is 0.897 bits per heavy atom. The Kier molecular flexibility index (Phi) is 19.9. The van der Waals surface area contributed by atoms with Gasteiger partial charge in [0.15, 0.2) is 37.7 Å². The summed E-state index contributed by atoms with van der Waals surface area (Å²) in [6.07, 6.45) is -61.5. The number of benzene rings is 1. The highest BCUT2D eigenvalue weighted by Gasteiger charge is 2.59. The number of aliphatic hydroxyl groups excluding tert-OH is 17. The van der Waals surface area contributed by atoms with Gasteiger partial charge in [0.1, 0.15) is 152 Å². The van der Waals surface area contributed by atoms with Crippen molar-refractivity contribution in [3.05, 3.63) is 33.9 Å². The smallest absolute Gasteiger partial charge is 0.270 e. The molecule has 12 bridgehead atoms. The summed E-state index contributed by atoms with van der Waals surface area (Å²) in [5.41, 5.74) is -1.27. The highest BCUT2D eigenvalue weighted by atomic mass is 16.8. The number of nitrogens with one attached hydrogen (secondary N) is 1. The van der Waals surface area contributed by atoms with Crippen molar-refractivity contribution in [1.82, 2.24) is 5.32 Å². The third-order valence-corrected chi connectivity index (χ3v) is 14.4. The predicted molar refractivity (Wildman–Crippen MR) is 236 cm³/mol. The van der Waals surface area contributed by atoms with Crippen molar-refractivity contribution in [2.75, 3.05) is 39.6 Å². The van der Waals surface area contributed by atoms with Gasteiger partial charge in [-0.25, -0.2) is 0 Å². The van der Waals surface area contributed by atoms with E-state index < -0.39 is 252 Å². The van der Waals surface area contributed by atoms with Crippen molar-refractivity contribution >= 4 is 11.6 Å². The van der Waals surface area contributed by atoms with Crippen molar-refractivity contribution < 1.29 is 158 Å². The molecule has 22 saturated heterocycles. The van der Waals surface area contributed by atoms with Crippen LogP contribution in [0.4, 0.5) is 5.69 Å². The van der Waals surface area contributed by atoms with Crippen LogP contribution < -0.4 is 5.32 Å². The molecule has 30 atom stereocenters. The molecule has 22 heterocycles. The van der Waals surface area contributed by atoms with Crippen LogP contribution in [0, 0.1) is 10.1 Å². The molecule has 0 aromatic heterocycles. The van der Waals surface area contributed by atoms with Crippen molar-refractivity contribution in [2.24, 2.45) is 0 Å². The average molecular weight is 1140 g/mol. The maximum Gasteiger partial charge on any atom is 0.270 e. The van der Waals surface area contributed by atoms with Gasteiger partial charge in [-0.05, 0) is 6.07 Å². The molecule has 0 aliphatic carbocycles. The van der Waals surface area contributed by atoms with Crippen LogP contribution in [0.2, 0.25) is 0 Å². The van der Waals surface area contributed by atoms with E-state index in [1.807, 2.05) is 0 Å². The van der Waals surface area contributed by atoms with Gasteiger partial charge in [0.2, 0.25) is 0 Å². The fourth-order valence-corrected chi connectivity index (χ4v) is 10.1. The second kappa shape index (κ2) is 25.5. The van der Waals surface area contributed by atoms with E-state index in [4.69, 9.17) is 56.8 Å². The van der Waals surface area contributed by atoms with E-state index in [2.05, 4.69) is 5.32 Å². The van der Waals surface area contributed by atoms with Crippen molar-refractivity contribution in [3.63, 3.8) is 0 Å². The lowest BCUT2D eigenvalue weighted by atomic mass is 9.94. The first-order valence-electron chi connectivity index (χ1n) is 24.4. The van der Waals surface area contributed by atoms with Crippen LogP contribution >= 0.6 is 0 Å². The number of hydrogen-bond donors (Lipinski definition) is 19. The Bertz CT molecular complexity index is 2140. The summed E-state index contributed by atoms with van der Waals surface area (Å²) in [4.78, 5) is 24.0. The molecule has 35 heteroatoms. The lowest BCUT2D eigenvalue weighted by molar-refractivity contribution is -0.403. The fourth-order valence-electron chi connectivity index (χ4n) is 10.1. The predicted octanol–water partition coefficient (Wildman–Crippen LogP) is -12.0. The molecule has 35 nitrogen and oxygen atoms in total. The van der Waals surface area contributed by atoms with E-state index in [1.165, 1.54) is 0 Å². The number of non-ortho nitro benzene ring substituents is 1. The number of carbonyl (C=O) groups is 1. The largest absolute Gasteiger partial charge is 0.507 e. The fraction of sp³-hybridized carbons (Fsp3) is 0.837. The quantitative estimate of drug-likeness (QED) is 0.0806. The van der Waals surface area contributed by atoms with E-state index >= 15 is 0 Å². The molecule has 1 amide bonds. The number of aromatic hydroxyl groups is 1. The number of phenols is 1. The molecule has 22 fully saturated rings. The van der Waals surface area contributed by atoms with Gasteiger partial charge in [0, 0.05) is 18.7 Å². The van der Waals surface area contributed by atoms with Crippen LogP contribution in [-0.2, 0) is 56.8 Å². The summed E-state index contributed by atoms with van der Waals surface area (Å²) in [5, 5.41) is 213. The number of hydrogen-bond acceptors (Lipinski definition) is 33. The van der Waals surface area contributed by atoms with Crippen LogP contribution in [-0.4, -0.2) is 327 Å². The molecule has 23 rings (SSSR count). The van der Waals surface area contributed by atoms with E-state index in [1.54, 1.807) is 0 Å². The molecule has 19 N–H and O–H groups in total. The van der Waals surface area contributed by atoms with Crippen molar-refractivity contribution in [2.45, 2.75) is 184 Å². The first-order chi connectivity index (χ1) is 37.1. The molecular weight excluding hydrogens is 1070 g/mol. The Morgan fingerprint density at radius 1 is 0.410 bits per heavy atom. The number of amides is 1. The first kappa shape index (κ1) is 60.8. The number of aliphatic hydroxyl groups is 17. The highest BCUT2D eigenvalue weighted by Crippen LogP contribution is 2.38. The lowest BCUT2D eigenvalue weighted by Crippen LogP contribution is -2.69. The first-order valence-corrected chi connectivity index (χ1v) is 24.4. The van der Waals surface area contributed by atoms with Gasteiger partial charge < -0.3 is 154 Å². The third-order valence-electron chi connectivity index (χ3n) is 14.4. The third kappa shape index (κ3) is 12.0. The number of nitrogens with zero attached hydrogens (tertiary/aromatic N) is 1. The van der Waals surface area contributed by atoms with Gasteiger partial charge in [0.25, 0.3) is 11.6 Å². The zero-order valence-electron chi connectivity index (χ0n) is 40.4. The van der Waals surface area contributed by atoms with Gasteiger partial charge in [0.05, 0.1) is 43.5 Å². The average Bonchev–Trinajstić information content (AvgIpc) is 3.48. The summed E-state index contributed by atoms with van der Waals surface area (Å²) in [5.74, 6) is -1.94. The van der Waals surface area contributed by atoms with Crippen LogP contribution in [0.3, 0.4) is 0 Å². The lowest BCUT2D eigenvalue weighted by Gasteiger charge is -2.50. The molecule has 1 aromatic rings. The Balaban J connectivity index is 1.12. The molecule has 444 valence electrons. The van der Waals surface area contributed by atoms with Gasteiger partial charge >= 0.3 is 0 Å². The summed E-state index contributed by atoms with van der Waals surface area (Å²) >= 11 is 0. The number of phenolic OH excluding ortho intramolecular Hbond substituents is 1. The molecule has 0 radical (unpaired) electrons. The van der Waals surface area contributed by atoms with E-state index in [9.17, 15) is 107 Å². The van der Waals surface area contributed by atoms with Crippen LogP contribution in [0.1, 0.15) is 10.4 Å². The topological polar surface area (TPSA) is 547 Å². The number of ether oxygens (including phenoxy) is 12. The standard InChI is InChI=1S/C43H64N2O33/c46-5-14-32-21(54)27(60)40(69-14)76-34-16(7-48)71-42(29(62)23(34)56)78-36-18(9-50)72-43(30(63)24(36)57)77-35-17(8-49)70-41(28(61)22(35)55)75-33-15(6-47)68-39(26(59)20(33)53)73-31-13(67-38(74-32)25(58)19(31)52)4-44-37(64)11-3-10(45(65)66)1-2-12(11)51/h1-3,13-36,38-43,46-63H,4-9H2,(H,44,64)/t13-,14-,15-,16-,17-,18-,19-,20-,21-,22-,23-,24-,25-,26-,27-,28-,29-,30-,31-,32-,33-,34-,35-,36-,38-,39-,40-,41-,42-,43-/m1/s1. The second-order valence-electron chi connectivity index (χ2n) is 19.3. The summed E-state index contributed by atoms with van der Waals surface area (Å²) in [6.45, 7) is -6.18. The van der Waals surface area contributed by atoms with Crippen molar-refractivity contribution in [3.8, 4) is 5.75 Å².